The van der Waals surface area contributed by atoms with Gasteiger partial charge in [0.05, 0.1) is 47.9 Å². The first-order valence-corrected chi connectivity index (χ1v) is 12.9. The molecule has 9 nitrogen and oxygen atoms in total. The van der Waals surface area contributed by atoms with Gasteiger partial charge in [-0.2, -0.15) is 0 Å². The molecule has 1 aromatic rings. The molecule has 3 N–H and O–H groups in total. The summed E-state index contributed by atoms with van der Waals surface area (Å²) in [6, 6.07) is -0.591. The average Bonchev–Trinajstić information content (AvgIpc) is 3.24. The molecule has 3 rings (SSSR count). The molecule has 2 aliphatic rings. The third-order valence-corrected chi connectivity index (χ3v) is 7.94. The molecule has 10 heteroatoms. The molecule has 1 aromatic heterocycles. The van der Waals surface area contributed by atoms with Crippen molar-refractivity contribution in [3.8, 4) is 0 Å². The molecule has 0 saturated carbocycles. The van der Waals surface area contributed by atoms with Crippen LogP contribution < -0.4 is 5.32 Å². The van der Waals surface area contributed by atoms with Gasteiger partial charge in [-0.3, -0.25) is 9.59 Å². The van der Waals surface area contributed by atoms with Gasteiger partial charge in [-0.15, -0.1) is 0 Å². The first-order valence-electron chi connectivity index (χ1n) is 12.6. The molecule has 2 fully saturated rings. The van der Waals surface area contributed by atoms with E-state index in [1.807, 2.05) is 13.8 Å². The second-order valence-corrected chi connectivity index (χ2v) is 11.2. The van der Waals surface area contributed by atoms with E-state index in [1.54, 1.807) is 33.8 Å². The maximum absolute atomic E-state index is 13.4. The topological polar surface area (TPSA) is 134 Å². The fraction of sp³-hybridized carbons (Fsp3) is 0.731. The summed E-state index contributed by atoms with van der Waals surface area (Å²) in [4.78, 5) is 30.6. The standard InChI is InChI=1S/C26H39ClN2O7/c1-7-17-23(32)14(2)34-9-8-26(6)21(36-26)11-19(18(27)10-16-13-35-15(3)28-16)29-22(31)12-20(30)25(4,5)24(17)33/h10,13-14,17,19-21,23,30,32H,7-9,11-12H2,1-6H3,(H,29,31)/t14-,17-,19+,20+,21+,23-,26-/m1/s1. The van der Waals surface area contributed by atoms with E-state index in [1.165, 1.54) is 6.26 Å². The highest BCUT2D eigenvalue weighted by Crippen LogP contribution is 2.43. The van der Waals surface area contributed by atoms with Crippen LogP contribution in [0.5, 0.6) is 0 Å². The van der Waals surface area contributed by atoms with Crippen LogP contribution in [0, 0.1) is 18.3 Å². The van der Waals surface area contributed by atoms with Gasteiger partial charge in [-0.25, -0.2) is 4.98 Å². The summed E-state index contributed by atoms with van der Waals surface area (Å²) in [7, 11) is 0. The summed E-state index contributed by atoms with van der Waals surface area (Å²) in [5, 5.41) is 25.0. The highest BCUT2D eigenvalue weighted by molar-refractivity contribution is 6.32. The Hall–Kier alpha value is -1.78. The van der Waals surface area contributed by atoms with Crippen LogP contribution in [0.15, 0.2) is 15.7 Å². The van der Waals surface area contributed by atoms with Crippen molar-refractivity contribution in [2.75, 3.05) is 6.61 Å². The smallest absolute Gasteiger partial charge is 0.223 e. The van der Waals surface area contributed by atoms with Crippen molar-refractivity contribution >= 4 is 29.4 Å². The van der Waals surface area contributed by atoms with Crippen molar-refractivity contribution < 1.29 is 33.7 Å². The van der Waals surface area contributed by atoms with Crippen LogP contribution in [-0.4, -0.2) is 69.6 Å². The summed E-state index contributed by atoms with van der Waals surface area (Å²) in [6.07, 6.45) is 1.11. The Morgan fingerprint density at radius 3 is 2.61 bits per heavy atom. The quantitative estimate of drug-likeness (QED) is 0.511. The van der Waals surface area contributed by atoms with E-state index in [9.17, 15) is 19.8 Å². The van der Waals surface area contributed by atoms with Crippen molar-refractivity contribution in [1.82, 2.24) is 10.3 Å². The van der Waals surface area contributed by atoms with Gasteiger partial charge in [0, 0.05) is 37.3 Å². The number of carbonyl (C=O) groups is 2. The zero-order chi connectivity index (χ0) is 26.8. The number of hydrogen-bond acceptors (Lipinski definition) is 8. The van der Waals surface area contributed by atoms with Crippen LogP contribution in [0.2, 0.25) is 0 Å². The molecule has 0 bridgehead atoms. The lowest BCUT2D eigenvalue weighted by molar-refractivity contribution is -0.147. The number of aryl methyl sites for hydroxylation is 1. The number of epoxide rings is 1. The van der Waals surface area contributed by atoms with Crippen molar-refractivity contribution in [3.63, 3.8) is 0 Å². The van der Waals surface area contributed by atoms with Gasteiger partial charge in [0.25, 0.3) is 0 Å². The molecule has 36 heavy (non-hydrogen) atoms. The molecule has 2 saturated heterocycles. The first-order chi connectivity index (χ1) is 16.8. The molecular weight excluding hydrogens is 488 g/mol. The molecule has 0 spiro atoms. The van der Waals surface area contributed by atoms with E-state index < -0.39 is 47.2 Å². The Morgan fingerprint density at radius 1 is 1.31 bits per heavy atom. The van der Waals surface area contributed by atoms with E-state index in [0.717, 1.165) is 0 Å². The van der Waals surface area contributed by atoms with Gasteiger partial charge in [0.15, 0.2) is 5.89 Å². The number of aliphatic hydroxyl groups is 2. The number of ketones is 1. The van der Waals surface area contributed by atoms with E-state index in [2.05, 4.69) is 10.3 Å². The molecular formula is C26H39ClN2O7. The van der Waals surface area contributed by atoms with Gasteiger partial charge in [0.1, 0.15) is 17.7 Å². The van der Waals surface area contributed by atoms with Crippen LogP contribution in [0.25, 0.3) is 6.08 Å². The maximum atomic E-state index is 13.4. The Labute approximate surface area is 217 Å². The summed E-state index contributed by atoms with van der Waals surface area (Å²) < 4.78 is 17.1. The number of aliphatic hydroxyl groups excluding tert-OH is 2. The Morgan fingerprint density at radius 2 is 2.00 bits per heavy atom. The van der Waals surface area contributed by atoms with Gasteiger partial charge >= 0.3 is 0 Å². The second-order valence-electron chi connectivity index (χ2n) is 10.7. The fourth-order valence-electron chi connectivity index (χ4n) is 4.73. The molecule has 3 heterocycles. The van der Waals surface area contributed by atoms with Gasteiger partial charge < -0.3 is 29.4 Å². The third kappa shape index (κ3) is 6.55. The Balaban J connectivity index is 1.87. The number of nitrogens with one attached hydrogen (secondary N) is 1. The molecule has 0 aliphatic carbocycles. The number of oxazole rings is 1. The molecule has 0 radical (unpaired) electrons. The fourth-order valence-corrected chi connectivity index (χ4v) is 4.99. The molecule has 2 aliphatic heterocycles. The monoisotopic (exact) mass is 526 g/mol. The van der Waals surface area contributed by atoms with Gasteiger partial charge in [-0.05, 0) is 26.3 Å². The Bertz CT molecular complexity index is 977. The number of rotatable bonds is 3. The largest absolute Gasteiger partial charge is 0.449 e. The molecule has 0 aromatic carbocycles. The number of ether oxygens (including phenoxy) is 2. The van der Waals surface area contributed by atoms with Crippen LogP contribution in [-0.2, 0) is 19.1 Å². The SMILES string of the molecule is CC[C@H]1C(=O)C(C)(C)[C@@H](O)CC(=O)N[C@H](C(Cl)=Cc2coc(C)n2)C[C@@H]2O[C@]2(C)CCO[C@H](C)[C@H]1O. The number of fused-ring (bicyclic) bond motifs is 1. The summed E-state index contributed by atoms with van der Waals surface area (Å²) in [5.74, 6) is -1.01. The minimum absolute atomic E-state index is 0.174. The number of amides is 1. The normalized spacial score (nSPS) is 36.8. The van der Waals surface area contributed by atoms with Gasteiger partial charge in [-0.1, -0.05) is 32.4 Å². The van der Waals surface area contributed by atoms with E-state index in [-0.39, 0.29) is 18.3 Å². The lowest BCUT2D eigenvalue weighted by Gasteiger charge is -2.35. The predicted molar refractivity (Wildman–Crippen MR) is 134 cm³/mol. The average molecular weight is 527 g/mol. The van der Waals surface area contributed by atoms with Crippen molar-refractivity contribution in [2.24, 2.45) is 11.3 Å². The summed E-state index contributed by atoms with van der Waals surface area (Å²) in [6.45, 7) is 10.8. The number of hydrogen-bond donors (Lipinski definition) is 3. The van der Waals surface area contributed by atoms with E-state index in [0.29, 0.717) is 42.5 Å². The lowest BCUT2D eigenvalue weighted by Crippen LogP contribution is -2.49. The number of Topliss-reactive ketones (excluding diaryl/α,β-unsaturated/α-hetero) is 1. The third-order valence-electron chi connectivity index (χ3n) is 7.57. The zero-order valence-corrected chi connectivity index (χ0v) is 22.7. The molecule has 202 valence electrons. The predicted octanol–water partition coefficient (Wildman–Crippen LogP) is 3.14. The summed E-state index contributed by atoms with van der Waals surface area (Å²) >= 11 is 6.63. The second kappa shape index (κ2) is 11.3. The van der Waals surface area contributed by atoms with Crippen LogP contribution in [0.4, 0.5) is 0 Å². The minimum atomic E-state index is -1.26. The van der Waals surface area contributed by atoms with E-state index in [4.69, 9.17) is 25.5 Å². The molecule has 1 amide bonds. The number of aromatic nitrogens is 1. The van der Waals surface area contributed by atoms with Crippen molar-refractivity contribution in [2.45, 2.75) is 103 Å². The van der Waals surface area contributed by atoms with Crippen molar-refractivity contribution in [3.05, 3.63) is 22.9 Å². The minimum Gasteiger partial charge on any atom is -0.449 e. The molecule has 7 atom stereocenters. The lowest BCUT2D eigenvalue weighted by atomic mass is 9.72. The first kappa shape index (κ1) is 28.8. The highest BCUT2D eigenvalue weighted by atomic mass is 35.5. The Kier molecular flexibility index (Phi) is 9.04. The molecule has 0 unspecified atom stereocenters. The number of nitrogens with zero attached hydrogens (tertiary/aromatic N) is 1. The van der Waals surface area contributed by atoms with E-state index >= 15 is 0 Å². The summed E-state index contributed by atoms with van der Waals surface area (Å²) in [5.41, 5.74) is -1.20. The van der Waals surface area contributed by atoms with Crippen LogP contribution in [0.3, 0.4) is 0 Å². The highest BCUT2D eigenvalue weighted by Gasteiger charge is 2.53. The van der Waals surface area contributed by atoms with Gasteiger partial charge in [0.2, 0.25) is 5.91 Å². The number of carbonyl (C=O) groups excluding carboxylic acids is 2. The zero-order valence-electron chi connectivity index (χ0n) is 21.9. The van der Waals surface area contributed by atoms with Crippen LogP contribution >= 0.6 is 11.6 Å². The van der Waals surface area contributed by atoms with Crippen molar-refractivity contribution in [1.29, 1.82) is 0 Å². The number of halogens is 1. The van der Waals surface area contributed by atoms with Crippen LogP contribution in [0.1, 0.15) is 71.9 Å². The maximum Gasteiger partial charge on any atom is 0.223 e.